The van der Waals surface area contributed by atoms with Crippen molar-refractivity contribution in [3.05, 3.63) is 22.9 Å². The van der Waals surface area contributed by atoms with Crippen LogP contribution in [0.1, 0.15) is 48.3 Å². The van der Waals surface area contributed by atoms with Gasteiger partial charge in [-0.2, -0.15) is 0 Å². The fourth-order valence-corrected chi connectivity index (χ4v) is 5.64. The first-order valence-electron chi connectivity index (χ1n) is 11.5. The van der Waals surface area contributed by atoms with E-state index in [1.165, 1.54) is 24.2 Å². The van der Waals surface area contributed by atoms with Gasteiger partial charge in [0.05, 0.1) is 41.1 Å². The molecule has 0 bridgehead atoms. The smallest absolute Gasteiger partial charge is 0.320 e. The number of fused-ring (bicyclic) bond motifs is 1. The molecular formula is C23H30N6O3S. The Hall–Kier alpha value is -2.72. The van der Waals surface area contributed by atoms with E-state index in [1.54, 1.807) is 7.05 Å². The molecule has 3 amide bonds. The molecule has 2 fully saturated rings. The fraction of sp³-hybridized carbons (Fsp3) is 0.565. The van der Waals surface area contributed by atoms with Gasteiger partial charge >= 0.3 is 6.03 Å². The van der Waals surface area contributed by atoms with Crippen LogP contribution < -0.4 is 15.5 Å². The van der Waals surface area contributed by atoms with Gasteiger partial charge in [0, 0.05) is 26.2 Å². The van der Waals surface area contributed by atoms with Crippen LogP contribution in [0.15, 0.2) is 6.07 Å². The zero-order chi connectivity index (χ0) is 23.3. The Balaban J connectivity index is 1.57. The van der Waals surface area contributed by atoms with Gasteiger partial charge in [-0.05, 0) is 51.2 Å². The number of urea groups is 1. The summed E-state index contributed by atoms with van der Waals surface area (Å²) >= 11 is 1.39. The van der Waals surface area contributed by atoms with E-state index in [-0.39, 0.29) is 24.0 Å². The summed E-state index contributed by atoms with van der Waals surface area (Å²) in [6, 6.07) is 2.08. The average Bonchev–Trinajstić information content (AvgIpc) is 3.51. The Morgan fingerprint density at radius 1 is 1.33 bits per heavy atom. The number of nitrogens with zero attached hydrogens (tertiary/aromatic N) is 4. The Morgan fingerprint density at radius 2 is 2.12 bits per heavy atom. The number of aromatic nitrogens is 2. The molecule has 2 aromatic heterocycles. The number of pyridine rings is 1. The third-order valence-electron chi connectivity index (χ3n) is 6.81. The second-order valence-electron chi connectivity index (χ2n) is 9.13. The van der Waals surface area contributed by atoms with Gasteiger partial charge in [-0.1, -0.05) is 11.3 Å². The number of carbonyl (C=O) groups is 2. The van der Waals surface area contributed by atoms with Gasteiger partial charge in [-0.25, -0.2) is 14.8 Å². The number of nitrogens with one attached hydrogen (secondary N) is 2. The average molecular weight is 471 g/mol. The molecule has 5 rings (SSSR count). The minimum Gasteiger partial charge on any atom is -0.377 e. The van der Waals surface area contributed by atoms with Gasteiger partial charge in [-0.3, -0.25) is 10.1 Å². The summed E-state index contributed by atoms with van der Waals surface area (Å²) in [6.45, 7) is 8.70. The van der Waals surface area contributed by atoms with Gasteiger partial charge < -0.3 is 19.9 Å². The van der Waals surface area contributed by atoms with Crippen LogP contribution in [0.25, 0.3) is 10.6 Å². The maximum absolute atomic E-state index is 13.6. The van der Waals surface area contributed by atoms with Crippen molar-refractivity contribution < 1.29 is 14.3 Å². The van der Waals surface area contributed by atoms with Crippen molar-refractivity contribution >= 4 is 34.2 Å². The number of rotatable bonds is 5. The van der Waals surface area contributed by atoms with E-state index in [0.29, 0.717) is 37.4 Å². The molecule has 2 aromatic rings. The summed E-state index contributed by atoms with van der Waals surface area (Å²) in [7, 11) is 1.57. The van der Waals surface area contributed by atoms with Gasteiger partial charge in [0.25, 0.3) is 5.91 Å². The van der Waals surface area contributed by atoms with Crippen molar-refractivity contribution in [3.63, 3.8) is 0 Å². The molecule has 0 unspecified atom stereocenters. The minimum absolute atomic E-state index is 0.0835. The van der Waals surface area contributed by atoms with Crippen molar-refractivity contribution in [3.8, 4) is 10.6 Å². The molecule has 2 aliphatic heterocycles. The lowest BCUT2D eigenvalue weighted by Crippen LogP contribution is -2.45. The summed E-state index contributed by atoms with van der Waals surface area (Å²) in [5.74, 6) is 1.42. The molecule has 4 heterocycles. The van der Waals surface area contributed by atoms with Gasteiger partial charge in [0.15, 0.2) is 5.13 Å². The van der Waals surface area contributed by atoms with Gasteiger partial charge in [-0.15, -0.1) is 0 Å². The number of ether oxygens (including phenoxy) is 1. The number of anilines is 2. The molecule has 2 atom stereocenters. The van der Waals surface area contributed by atoms with Crippen LogP contribution >= 0.6 is 11.3 Å². The van der Waals surface area contributed by atoms with Crippen LogP contribution in [0.5, 0.6) is 0 Å². The molecule has 10 heteroatoms. The molecule has 0 radical (unpaired) electrons. The predicted octanol–water partition coefficient (Wildman–Crippen LogP) is 3.24. The van der Waals surface area contributed by atoms with Crippen LogP contribution in [0, 0.1) is 12.8 Å². The van der Waals surface area contributed by atoms with Crippen molar-refractivity contribution in [2.45, 2.75) is 52.2 Å². The third kappa shape index (κ3) is 4.06. The Morgan fingerprint density at radius 3 is 2.82 bits per heavy atom. The molecule has 1 saturated carbocycles. The SMILES string of the molecule is CNC(=O)Nc1nc(C)c(-c2cc3c(c(N4CCOC[C@H]4C)n2)C(=O)N([C@@H](C)C2CC2)C3)s1. The Bertz CT molecular complexity index is 1100. The number of carbonyl (C=O) groups excluding carboxylic acids is 2. The normalized spacial score (nSPS) is 21.2. The molecule has 1 aliphatic carbocycles. The number of amides is 3. The Kier molecular flexibility index (Phi) is 5.74. The quantitative estimate of drug-likeness (QED) is 0.696. The van der Waals surface area contributed by atoms with Gasteiger partial charge in [0.1, 0.15) is 5.82 Å². The van der Waals surface area contributed by atoms with Crippen LogP contribution in [-0.4, -0.2) is 65.7 Å². The standard InChI is InChI=1S/C23H30N6O3S/c1-12-11-32-8-7-28(12)20-18-16(10-29(21(18)30)14(3)15-5-6-15)9-17(26-20)19-13(2)25-23(33-19)27-22(31)24-4/h9,12,14-15H,5-8,10-11H2,1-4H3,(H2,24,25,27,31)/t12-,14+/m1/s1. The maximum Gasteiger partial charge on any atom is 0.320 e. The highest BCUT2D eigenvalue weighted by Crippen LogP contribution is 2.42. The summed E-state index contributed by atoms with van der Waals surface area (Å²) in [5.41, 5.74) is 3.33. The minimum atomic E-state index is -0.310. The first kappa shape index (κ1) is 22.1. The van der Waals surface area contributed by atoms with Crippen LogP contribution in [0.2, 0.25) is 0 Å². The molecule has 2 N–H and O–H groups in total. The molecular weight excluding hydrogens is 440 g/mol. The molecule has 9 nitrogen and oxygen atoms in total. The van der Waals surface area contributed by atoms with Gasteiger partial charge in [0.2, 0.25) is 0 Å². The zero-order valence-corrected chi connectivity index (χ0v) is 20.3. The number of hydrogen-bond donors (Lipinski definition) is 2. The maximum atomic E-state index is 13.6. The highest BCUT2D eigenvalue weighted by Gasteiger charge is 2.41. The first-order valence-corrected chi connectivity index (χ1v) is 12.3. The first-order chi connectivity index (χ1) is 15.9. The molecule has 0 aromatic carbocycles. The summed E-state index contributed by atoms with van der Waals surface area (Å²) in [5, 5.41) is 5.81. The van der Waals surface area contributed by atoms with E-state index in [2.05, 4.69) is 34.4 Å². The van der Waals surface area contributed by atoms with E-state index in [4.69, 9.17) is 9.72 Å². The summed E-state index contributed by atoms with van der Waals surface area (Å²) in [6.07, 6.45) is 2.39. The number of morpholine rings is 1. The lowest BCUT2D eigenvalue weighted by Gasteiger charge is -2.35. The largest absolute Gasteiger partial charge is 0.377 e. The van der Waals surface area contributed by atoms with Crippen molar-refractivity contribution in [2.75, 3.05) is 37.0 Å². The topological polar surface area (TPSA) is 99.7 Å². The Labute approximate surface area is 197 Å². The van der Waals surface area contributed by atoms with E-state index < -0.39 is 0 Å². The summed E-state index contributed by atoms with van der Waals surface area (Å²) < 4.78 is 5.64. The number of hydrogen-bond acceptors (Lipinski definition) is 7. The highest BCUT2D eigenvalue weighted by molar-refractivity contribution is 7.19. The highest BCUT2D eigenvalue weighted by atomic mass is 32.1. The third-order valence-corrected chi connectivity index (χ3v) is 7.91. The number of aryl methyl sites for hydroxylation is 1. The molecule has 0 spiro atoms. The van der Waals surface area contributed by atoms with Crippen molar-refractivity contribution in [2.24, 2.45) is 5.92 Å². The second kappa shape index (κ2) is 8.57. The van der Waals surface area contributed by atoms with E-state index in [1.807, 2.05) is 17.9 Å². The molecule has 176 valence electrons. The molecule has 1 saturated heterocycles. The van der Waals surface area contributed by atoms with E-state index in [9.17, 15) is 9.59 Å². The van der Waals surface area contributed by atoms with Crippen LogP contribution in [-0.2, 0) is 11.3 Å². The predicted molar refractivity (Wildman–Crippen MR) is 128 cm³/mol. The lowest BCUT2D eigenvalue weighted by atomic mass is 10.1. The van der Waals surface area contributed by atoms with Crippen molar-refractivity contribution in [1.82, 2.24) is 20.2 Å². The molecule has 33 heavy (non-hydrogen) atoms. The fourth-order valence-electron chi connectivity index (χ4n) is 4.71. The van der Waals surface area contributed by atoms with Crippen LogP contribution in [0.4, 0.5) is 15.7 Å². The number of thiazole rings is 1. The molecule has 3 aliphatic rings. The van der Waals surface area contributed by atoms with E-state index >= 15 is 0 Å². The van der Waals surface area contributed by atoms with E-state index in [0.717, 1.165) is 33.2 Å². The zero-order valence-electron chi connectivity index (χ0n) is 19.5. The van der Waals surface area contributed by atoms with Crippen LogP contribution in [0.3, 0.4) is 0 Å². The monoisotopic (exact) mass is 470 g/mol. The van der Waals surface area contributed by atoms with Crippen molar-refractivity contribution in [1.29, 1.82) is 0 Å². The second-order valence-corrected chi connectivity index (χ2v) is 10.1. The summed E-state index contributed by atoms with van der Waals surface area (Å²) in [4.78, 5) is 40.0. The lowest BCUT2D eigenvalue weighted by molar-refractivity contribution is 0.0696.